The summed E-state index contributed by atoms with van der Waals surface area (Å²) in [7, 11) is 0. The zero-order valence-electron chi connectivity index (χ0n) is 7.50. The van der Waals surface area contributed by atoms with E-state index in [-0.39, 0.29) is 0 Å². The second kappa shape index (κ2) is 3.80. The molecule has 1 N–H and O–H groups in total. The average Bonchev–Trinajstić information content (AvgIpc) is 2.48. The standard InChI is InChI=1S/C6H6N4.C2H6/c1-4-8-5-2-3-7-10-6(5)9-4;1-2/h2-3H,1H3,(H,8,9,10);1-2H3. The molecule has 2 heterocycles. The van der Waals surface area contributed by atoms with Crippen molar-refractivity contribution in [2.75, 3.05) is 0 Å². The maximum atomic E-state index is 4.08. The third kappa shape index (κ3) is 1.58. The number of imidazole rings is 1. The van der Waals surface area contributed by atoms with Gasteiger partial charge in [0, 0.05) is 0 Å². The van der Waals surface area contributed by atoms with Gasteiger partial charge in [0.2, 0.25) is 0 Å². The number of nitrogens with one attached hydrogen (secondary N) is 1. The molecule has 0 aliphatic heterocycles. The lowest BCUT2D eigenvalue weighted by Crippen LogP contribution is -1.78. The lowest BCUT2D eigenvalue weighted by molar-refractivity contribution is 1.05. The molecule has 0 aromatic carbocycles. The Hall–Kier alpha value is -1.45. The van der Waals surface area contributed by atoms with E-state index in [9.17, 15) is 0 Å². The van der Waals surface area contributed by atoms with E-state index in [0.717, 1.165) is 11.3 Å². The van der Waals surface area contributed by atoms with Gasteiger partial charge in [-0.3, -0.25) is 0 Å². The van der Waals surface area contributed by atoms with Gasteiger partial charge in [-0.05, 0) is 13.0 Å². The Morgan fingerprint density at radius 1 is 1.33 bits per heavy atom. The van der Waals surface area contributed by atoms with Crippen LogP contribution in [0.2, 0.25) is 0 Å². The van der Waals surface area contributed by atoms with Crippen LogP contribution in [0.4, 0.5) is 0 Å². The molecule has 0 unspecified atom stereocenters. The summed E-state index contributed by atoms with van der Waals surface area (Å²) < 4.78 is 0. The van der Waals surface area contributed by atoms with Gasteiger partial charge in [0.05, 0.1) is 11.7 Å². The van der Waals surface area contributed by atoms with Crippen LogP contribution >= 0.6 is 0 Å². The molecule has 0 amide bonds. The van der Waals surface area contributed by atoms with E-state index < -0.39 is 0 Å². The van der Waals surface area contributed by atoms with Gasteiger partial charge in [-0.15, -0.1) is 5.10 Å². The zero-order chi connectivity index (χ0) is 8.97. The maximum absolute atomic E-state index is 4.08. The second-order valence-electron chi connectivity index (χ2n) is 2.09. The number of fused-ring (bicyclic) bond motifs is 1. The van der Waals surface area contributed by atoms with Crippen LogP contribution in [0.5, 0.6) is 0 Å². The van der Waals surface area contributed by atoms with Gasteiger partial charge < -0.3 is 4.98 Å². The third-order valence-electron chi connectivity index (χ3n) is 1.29. The van der Waals surface area contributed by atoms with Crippen molar-refractivity contribution in [1.82, 2.24) is 20.2 Å². The molecule has 2 aromatic heterocycles. The van der Waals surface area contributed by atoms with Crippen molar-refractivity contribution in [2.45, 2.75) is 20.8 Å². The SMILES string of the molecule is CC.Cc1nc2nnccc2[nH]1. The Kier molecular flexibility index (Phi) is 2.74. The van der Waals surface area contributed by atoms with Crippen molar-refractivity contribution in [3.05, 3.63) is 18.1 Å². The van der Waals surface area contributed by atoms with E-state index in [4.69, 9.17) is 0 Å². The Labute approximate surface area is 71.1 Å². The van der Waals surface area contributed by atoms with Gasteiger partial charge in [0.1, 0.15) is 5.82 Å². The van der Waals surface area contributed by atoms with Crippen LogP contribution < -0.4 is 0 Å². The predicted octanol–water partition coefficient (Wildman–Crippen LogP) is 1.69. The fraction of sp³-hybridized carbons (Fsp3) is 0.375. The lowest BCUT2D eigenvalue weighted by Gasteiger charge is -1.79. The summed E-state index contributed by atoms with van der Waals surface area (Å²) >= 11 is 0. The summed E-state index contributed by atoms with van der Waals surface area (Å²) in [5.74, 6) is 0.871. The molecule has 0 fully saturated rings. The van der Waals surface area contributed by atoms with Gasteiger partial charge in [-0.25, -0.2) is 4.98 Å². The van der Waals surface area contributed by atoms with Crippen LogP contribution in [0.3, 0.4) is 0 Å². The molecule has 2 aromatic rings. The summed E-state index contributed by atoms with van der Waals surface area (Å²) in [6, 6.07) is 1.85. The number of rotatable bonds is 0. The van der Waals surface area contributed by atoms with Crippen LogP contribution in [0.15, 0.2) is 12.3 Å². The number of aryl methyl sites for hydroxylation is 1. The normalized spacial score (nSPS) is 9.25. The first kappa shape index (κ1) is 8.64. The van der Waals surface area contributed by atoms with E-state index in [1.807, 2.05) is 26.8 Å². The number of hydrogen-bond acceptors (Lipinski definition) is 3. The third-order valence-corrected chi connectivity index (χ3v) is 1.29. The molecule has 0 saturated carbocycles. The fourth-order valence-electron chi connectivity index (χ4n) is 0.886. The highest BCUT2D eigenvalue weighted by atomic mass is 15.1. The molecule has 0 spiro atoms. The van der Waals surface area contributed by atoms with Crippen molar-refractivity contribution in [3.63, 3.8) is 0 Å². The number of H-pyrrole nitrogens is 1. The number of aromatic nitrogens is 4. The fourth-order valence-corrected chi connectivity index (χ4v) is 0.886. The molecule has 0 aliphatic carbocycles. The molecular formula is C8H12N4. The van der Waals surface area contributed by atoms with Gasteiger partial charge >= 0.3 is 0 Å². The van der Waals surface area contributed by atoms with Gasteiger partial charge in [0.25, 0.3) is 0 Å². The molecule has 12 heavy (non-hydrogen) atoms. The Bertz CT molecular complexity index is 320. The summed E-state index contributed by atoms with van der Waals surface area (Å²) in [5.41, 5.74) is 1.62. The molecule has 0 atom stereocenters. The molecule has 0 radical (unpaired) electrons. The number of aromatic amines is 1. The van der Waals surface area contributed by atoms with Crippen molar-refractivity contribution in [2.24, 2.45) is 0 Å². The Morgan fingerprint density at radius 2 is 2.08 bits per heavy atom. The van der Waals surface area contributed by atoms with Gasteiger partial charge in [0.15, 0.2) is 5.65 Å². The first-order valence-electron chi connectivity index (χ1n) is 4.00. The van der Waals surface area contributed by atoms with Crippen molar-refractivity contribution in [3.8, 4) is 0 Å². The van der Waals surface area contributed by atoms with E-state index >= 15 is 0 Å². The first-order chi connectivity index (χ1) is 5.86. The summed E-state index contributed by atoms with van der Waals surface area (Å²) in [5, 5.41) is 7.50. The van der Waals surface area contributed by atoms with Crippen LogP contribution in [0.25, 0.3) is 11.2 Å². The maximum Gasteiger partial charge on any atom is 0.199 e. The topological polar surface area (TPSA) is 54.5 Å². The quantitative estimate of drug-likeness (QED) is 0.644. The average molecular weight is 164 g/mol. The Morgan fingerprint density at radius 3 is 2.75 bits per heavy atom. The molecule has 0 saturated heterocycles. The summed E-state index contributed by atoms with van der Waals surface area (Å²) in [6.07, 6.45) is 1.64. The monoisotopic (exact) mass is 164 g/mol. The molecular weight excluding hydrogens is 152 g/mol. The van der Waals surface area contributed by atoms with Crippen LogP contribution in [-0.2, 0) is 0 Å². The molecule has 2 rings (SSSR count). The van der Waals surface area contributed by atoms with E-state index in [2.05, 4.69) is 20.2 Å². The van der Waals surface area contributed by atoms with Crippen LogP contribution in [-0.4, -0.2) is 20.2 Å². The van der Waals surface area contributed by atoms with Gasteiger partial charge in [-0.2, -0.15) is 5.10 Å². The minimum atomic E-state index is 0.681. The molecule has 0 bridgehead atoms. The van der Waals surface area contributed by atoms with Crippen molar-refractivity contribution in [1.29, 1.82) is 0 Å². The Balaban J connectivity index is 0.000000336. The second-order valence-corrected chi connectivity index (χ2v) is 2.09. The van der Waals surface area contributed by atoms with E-state index in [1.165, 1.54) is 0 Å². The summed E-state index contributed by atoms with van der Waals surface area (Å²) in [4.78, 5) is 7.13. The van der Waals surface area contributed by atoms with E-state index in [0.29, 0.717) is 5.65 Å². The van der Waals surface area contributed by atoms with Crippen LogP contribution in [0.1, 0.15) is 19.7 Å². The molecule has 4 heteroatoms. The minimum Gasteiger partial charge on any atom is -0.341 e. The summed E-state index contributed by atoms with van der Waals surface area (Å²) in [6.45, 7) is 5.89. The smallest absolute Gasteiger partial charge is 0.199 e. The number of nitrogens with zero attached hydrogens (tertiary/aromatic N) is 3. The van der Waals surface area contributed by atoms with Crippen molar-refractivity contribution < 1.29 is 0 Å². The lowest BCUT2D eigenvalue weighted by atomic mass is 10.5. The van der Waals surface area contributed by atoms with Crippen LogP contribution in [0, 0.1) is 6.92 Å². The largest absolute Gasteiger partial charge is 0.341 e. The van der Waals surface area contributed by atoms with Crippen molar-refractivity contribution >= 4 is 11.2 Å². The zero-order valence-corrected chi connectivity index (χ0v) is 7.50. The molecule has 64 valence electrons. The van der Waals surface area contributed by atoms with Gasteiger partial charge in [-0.1, -0.05) is 13.8 Å². The number of hydrogen-bond donors (Lipinski definition) is 1. The molecule has 4 nitrogen and oxygen atoms in total. The molecule has 0 aliphatic rings. The van der Waals surface area contributed by atoms with E-state index in [1.54, 1.807) is 6.20 Å². The predicted molar refractivity (Wildman–Crippen MR) is 47.8 cm³/mol. The highest BCUT2D eigenvalue weighted by Crippen LogP contribution is 2.03. The minimum absolute atomic E-state index is 0.681. The highest BCUT2D eigenvalue weighted by Gasteiger charge is 1.96. The first-order valence-corrected chi connectivity index (χ1v) is 4.00. The highest BCUT2D eigenvalue weighted by molar-refractivity contribution is 5.68.